The number of hydrogen-bond donors (Lipinski definition) is 3. The van der Waals surface area contributed by atoms with E-state index >= 15 is 0 Å². The van der Waals surface area contributed by atoms with Crippen LogP contribution in [0, 0.1) is 6.92 Å². The highest BCUT2D eigenvalue weighted by molar-refractivity contribution is 6.09. The van der Waals surface area contributed by atoms with E-state index < -0.39 is 0 Å². The van der Waals surface area contributed by atoms with Crippen molar-refractivity contribution < 1.29 is 0 Å². The van der Waals surface area contributed by atoms with Gasteiger partial charge in [-0.05, 0) is 71.3 Å². The van der Waals surface area contributed by atoms with E-state index in [9.17, 15) is 4.79 Å². The van der Waals surface area contributed by atoms with Crippen molar-refractivity contribution in [2.24, 2.45) is 0 Å². The summed E-state index contributed by atoms with van der Waals surface area (Å²) in [6.45, 7) is 3.93. The predicted molar refractivity (Wildman–Crippen MR) is 131 cm³/mol. The lowest BCUT2D eigenvalue weighted by molar-refractivity contribution is 0.650. The normalized spacial score (nSPS) is 11.4. The van der Waals surface area contributed by atoms with Crippen LogP contribution in [0.25, 0.3) is 32.7 Å². The zero-order chi connectivity index (χ0) is 21.9. The van der Waals surface area contributed by atoms with Crippen LogP contribution in [0.3, 0.4) is 0 Å². The smallest absolute Gasteiger partial charge is 0.256 e. The van der Waals surface area contributed by atoms with E-state index in [0.29, 0.717) is 0 Å². The fourth-order valence-electron chi connectivity index (χ4n) is 4.33. The van der Waals surface area contributed by atoms with Crippen molar-refractivity contribution in [3.8, 4) is 11.1 Å². The molecule has 0 bridgehead atoms. The van der Waals surface area contributed by atoms with Gasteiger partial charge in [-0.2, -0.15) is 5.10 Å². The Morgan fingerprint density at radius 3 is 2.66 bits per heavy atom. The Labute approximate surface area is 186 Å². The number of nitrogens with one attached hydrogen (secondary N) is 3. The molecule has 5 aromatic rings. The van der Waals surface area contributed by atoms with Gasteiger partial charge >= 0.3 is 0 Å². The topological polar surface area (TPSA) is 73.6 Å². The second kappa shape index (κ2) is 8.81. The Hall–Kier alpha value is -3.70. The average Bonchev–Trinajstić information content (AvgIpc) is 3.35. The van der Waals surface area contributed by atoms with Crippen molar-refractivity contribution in [3.63, 3.8) is 0 Å². The van der Waals surface area contributed by atoms with Crippen LogP contribution in [0.1, 0.15) is 23.1 Å². The van der Waals surface area contributed by atoms with E-state index in [0.717, 1.165) is 58.6 Å². The first kappa shape index (κ1) is 20.2. The SMILES string of the molecule is Cc1ccc(CNCCCc2cc3cc[nH]c(=O)c3c3cc(-c4cn[nH]c4)ccc23)cc1. The van der Waals surface area contributed by atoms with Crippen molar-refractivity contribution in [2.45, 2.75) is 26.3 Å². The highest BCUT2D eigenvalue weighted by Crippen LogP contribution is 2.31. The van der Waals surface area contributed by atoms with Gasteiger partial charge in [-0.1, -0.05) is 48.0 Å². The third-order valence-corrected chi connectivity index (χ3v) is 6.04. The van der Waals surface area contributed by atoms with Gasteiger partial charge in [0.1, 0.15) is 0 Å². The zero-order valence-electron chi connectivity index (χ0n) is 18.1. The number of aromatic amines is 2. The minimum Gasteiger partial charge on any atom is -0.329 e. The molecule has 160 valence electrons. The number of pyridine rings is 1. The van der Waals surface area contributed by atoms with Crippen molar-refractivity contribution in [1.82, 2.24) is 20.5 Å². The van der Waals surface area contributed by atoms with Crippen molar-refractivity contribution in [3.05, 3.63) is 100 Å². The lowest BCUT2D eigenvalue weighted by Gasteiger charge is -2.12. The number of nitrogens with zero attached hydrogens (tertiary/aromatic N) is 1. The van der Waals surface area contributed by atoms with Crippen LogP contribution >= 0.6 is 0 Å². The molecular weight excluding hydrogens is 396 g/mol. The Bertz CT molecular complexity index is 1420. The summed E-state index contributed by atoms with van der Waals surface area (Å²) in [5.74, 6) is 0. The summed E-state index contributed by atoms with van der Waals surface area (Å²) in [7, 11) is 0. The van der Waals surface area contributed by atoms with E-state index in [2.05, 4.69) is 76.0 Å². The molecule has 3 aromatic carbocycles. The quantitative estimate of drug-likeness (QED) is 0.252. The van der Waals surface area contributed by atoms with Gasteiger partial charge in [0, 0.05) is 24.5 Å². The molecule has 5 heteroatoms. The molecular formula is C27H26N4O. The summed E-state index contributed by atoms with van der Waals surface area (Å²) in [6, 6.07) is 19.2. The summed E-state index contributed by atoms with van der Waals surface area (Å²) in [5, 5.41) is 14.3. The average molecular weight is 423 g/mol. The van der Waals surface area contributed by atoms with Gasteiger partial charge in [0.2, 0.25) is 0 Å². The van der Waals surface area contributed by atoms with E-state index in [4.69, 9.17) is 0 Å². The molecule has 5 nitrogen and oxygen atoms in total. The number of fused-ring (bicyclic) bond motifs is 3. The molecule has 5 rings (SSSR count). The van der Waals surface area contributed by atoms with Crippen LogP contribution in [-0.2, 0) is 13.0 Å². The summed E-state index contributed by atoms with van der Waals surface area (Å²) < 4.78 is 0. The molecule has 0 spiro atoms. The van der Waals surface area contributed by atoms with Gasteiger partial charge in [0.05, 0.1) is 11.6 Å². The summed E-state index contributed by atoms with van der Waals surface area (Å²) in [6.07, 6.45) is 7.38. The molecule has 0 fully saturated rings. The highest BCUT2D eigenvalue weighted by atomic mass is 16.1. The molecule has 32 heavy (non-hydrogen) atoms. The molecule has 0 saturated heterocycles. The number of rotatable bonds is 7. The molecule has 0 radical (unpaired) electrons. The van der Waals surface area contributed by atoms with Gasteiger partial charge in [-0.3, -0.25) is 9.89 Å². The maximum atomic E-state index is 12.7. The first-order valence-corrected chi connectivity index (χ1v) is 11.0. The molecule has 0 amide bonds. The predicted octanol–water partition coefficient (Wildman–Crippen LogP) is 5.10. The minimum absolute atomic E-state index is 0.0526. The standard InChI is InChI=1S/C27H26N4O/c1-18-4-6-19(7-5-18)15-28-11-2-3-21-13-22-10-12-29-27(32)26(22)25-14-20(8-9-24(21)25)23-16-30-31-17-23/h4-10,12-14,16-17,28H,2-3,11,15H2,1H3,(H,29,32)(H,30,31). The lowest BCUT2D eigenvalue weighted by atomic mass is 9.93. The fourth-order valence-corrected chi connectivity index (χ4v) is 4.33. The molecule has 0 aliphatic rings. The molecule has 3 N–H and O–H groups in total. The summed E-state index contributed by atoms with van der Waals surface area (Å²) in [4.78, 5) is 15.5. The van der Waals surface area contributed by atoms with Gasteiger partial charge in [0.25, 0.3) is 5.56 Å². The maximum absolute atomic E-state index is 12.7. The van der Waals surface area contributed by atoms with Gasteiger partial charge in [-0.25, -0.2) is 0 Å². The van der Waals surface area contributed by atoms with Gasteiger partial charge in [0.15, 0.2) is 0 Å². The molecule has 0 aliphatic heterocycles. The lowest BCUT2D eigenvalue weighted by Crippen LogP contribution is -2.15. The third-order valence-electron chi connectivity index (χ3n) is 6.04. The van der Waals surface area contributed by atoms with Crippen molar-refractivity contribution in [1.29, 1.82) is 0 Å². The molecule has 0 aliphatic carbocycles. The number of H-pyrrole nitrogens is 2. The Kier molecular flexibility index (Phi) is 5.57. The van der Waals surface area contributed by atoms with Crippen molar-refractivity contribution in [2.75, 3.05) is 6.54 Å². The number of hydrogen-bond acceptors (Lipinski definition) is 3. The third kappa shape index (κ3) is 4.07. The second-order valence-corrected chi connectivity index (χ2v) is 8.32. The van der Waals surface area contributed by atoms with Gasteiger partial charge in [-0.15, -0.1) is 0 Å². The molecule has 2 heterocycles. The zero-order valence-corrected chi connectivity index (χ0v) is 18.1. The maximum Gasteiger partial charge on any atom is 0.256 e. The molecule has 0 unspecified atom stereocenters. The van der Waals surface area contributed by atoms with Crippen LogP contribution in [0.2, 0.25) is 0 Å². The van der Waals surface area contributed by atoms with Crippen LogP contribution in [0.5, 0.6) is 0 Å². The first-order chi connectivity index (χ1) is 15.7. The van der Waals surface area contributed by atoms with Crippen LogP contribution in [0.4, 0.5) is 0 Å². The second-order valence-electron chi connectivity index (χ2n) is 8.32. The Morgan fingerprint density at radius 1 is 0.969 bits per heavy atom. The monoisotopic (exact) mass is 422 g/mol. The minimum atomic E-state index is -0.0526. The van der Waals surface area contributed by atoms with Crippen LogP contribution in [-0.4, -0.2) is 21.7 Å². The van der Waals surface area contributed by atoms with Crippen LogP contribution in [0.15, 0.2) is 78.0 Å². The first-order valence-electron chi connectivity index (χ1n) is 11.0. The Balaban J connectivity index is 1.40. The number of aryl methyl sites for hydroxylation is 2. The van der Waals surface area contributed by atoms with E-state index in [1.807, 2.05) is 12.3 Å². The summed E-state index contributed by atoms with van der Waals surface area (Å²) in [5.41, 5.74) is 5.87. The Morgan fingerprint density at radius 2 is 1.84 bits per heavy atom. The van der Waals surface area contributed by atoms with Crippen molar-refractivity contribution >= 4 is 21.5 Å². The fraction of sp³-hybridized carbons (Fsp3) is 0.185. The largest absolute Gasteiger partial charge is 0.329 e. The van der Waals surface area contributed by atoms with Crippen LogP contribution < -0.4 is 10.9 Å². The summed E-state index contributed by atoms with van der Waals surface area (Å²) >= 11 is 0. The molecule has 0 saturated carbocycles. The van der Waals surface area contributed by atoms with E-state index in [1.54, 1.807) is 12.4 Å². The van der Waals surface area contributed by atoms with E-state index in [1.165, 1.54) is 16.7 Å². The number of benzene rings is 3. The molecule has 2 aromatic heterocycles. The highest BCUT2D eigenvalue weighted by Gasteiger charge is 2.11. The van der Waals surface area contributed by atoms with Gasteiger partial charge < -0.3 is 10.3 Å². The molecule has 0 atom stereocenters. The van der Waals surface area contributed by atoms with E-state index in [-0.39, 0.29) is 5.56 Å². The number of aromatic nitrogens is 3.